The summed E-state index contributed by atoms with van der Waals surface area (Å²) >= 11 is 0. The molecule has 0 saturated carbocycles. The first-order chi connectivity index (χ1) is 13.0. The molecule has 3 amide bonds. The van der Waals surface area contributed by atoms with E-state index in [-0.39, 0.29) is 23.1 Å². The average Bonchev–Trinajstić information content (AvgIpc) is 3.22. The highest BCUT2D eigenvalue weighted by molar-refractivity contribution is 5.96. The maximum absolute atomic E-state index is 13.3. The standard InChI is InChI=1S/C19H20FN3O4/c1-13(21-17(24)16-6-3-11-27-16)18(25)22-7-9-23(10-8-22)19(26)14-4-2-5-15(20)12-14/h2-6,11-13H,7-10H2,1H3,(H,21,24). The molecule has 1 aromatic heterocycles. The molecule has 27 heavy (non-hydrogen) atoms. The van der Waals surface area contributed by atoms with Gasteiger partial charge in [-0.15, -0.1) is 0 Å². The lowest BCUT2D eigenvalue weighted by atomic mass is 10.1. The van der Waals surface area contributed by atoms with Gasteiger partial charge in [-0.05, 0) is 37.3 Å². The van der Waals surface area contributed by atoms with Crippen molar-refractivity contribution >= 4 is 17.7 Å². The SMILES string of the molecule is CC(NC(=O)c1ccco1)C(=O)N1CCN(C(=O)c2cccc(F)c2)CC1. The van der Waals surface area contributed by atoms with Crippen LogP contribution in [0.25, 0.3) is 0 Å². The molecule has 0 aliphatic carbocycles. The van der Waals surface area contributed by atoms with Crippen LogP contribution in [0.1, 0.15) is 27.8 Å². The van der Waals surface area contributed by atoms with Gasteiger partial charge in [0, 0.05) is 31.7 Å². The number of carbonyl (C=O) groups excluding carboxylic acids is 3. The number of benzene rings is 1. The second kappa shape index (κ2) is 8.03. The summed E-state index contributed by atoms with van der Waals surface area (Å²) in [4.78, 5) is 40.1. The lowest BCUT2D eigenvalue weighted by Crippen LogP contribution is -2.55. The van der Waals surface area contributed by atoms with Crippen LogP contribution in [-0.2, 0) is 4.79 Å². The highest BCUT2D eigenvalue weighted by Crippen LogP contribution is 2.11. The van der Waals surface area contributed by atoms with Crippen LogP contribution in [0, 0.1) is 5.82 Å². The van der Waals surface area contributed by atoms with E-state index in [1.807, 2.05) is 0 Å². The third kappa shape index (κ3) is 4.33. The van der Waals surface area contributed by atoms with E-state index < -0.39 is 17.8 Å². The number of piperazine rings is 1. The fourth-order valence-electron chi connectivity index (χ4n) is 2.95. The van der Waals surface area contributed by atoms with Crippen molar-refractivity contribution in [3.05, 3.63) is 59.8 Å². The first-order valence-electron chi connectivity index (χ1n) is 8.63. The molecule has 1 aliphatic heterocycles. The Balaban J connectivity index is 1.53. The first kappa shape index (κ1) is 18.6. The largest absolute Gasteiger partial charge is 0.459 e. The van der Waals surface area contributed by atoms with Crippen LogP contribution < -0.4 is 5.32 Å². The van der Waals surface area contributed by atoms with Gasteiger partial charge in [0.15, 0.2) is 5.76 Å². The number of furan rings is 1. The molecule has 3 rings (SSSR count). The van der Waals surface area contributed by atoms with Crippen molar-refractivity contribution in [3.63, 3.8) is 0 Å². The van der Waals surface area contributed by atoms with E-state index in [0.717, 1.165) is 0 Å². The van der Waals surface area contributed by atoms with E-state index in [1.54, 1.807) is 28.9 Å². The third-order valence-electron chi connectivity index (χ3n) is 4.41. The molecular formula is C19H20FN3O4. The van der Waals surface area contributed by atoms with Crippen LogP contribution in [0.2, 0.25) is 0 Å². The number of hydrogen-bond acceptors (Lipinski definition) is 4. The summed E-state index contributed by atoms with van der Waals surface area (Å²) in [5.74, 6) is -1.27. The van der Waals surface area contributed by atoms with Crippen LogP contribution in [0.5, 0.6) is 0 Å². The van der Waals surface area contributed by atoms with Crippen LogP contribution >= 0.6 is 0 Å². The Morgan fingerprint density at radius 1 is 1.07 bits per heavy atom. The van der Waals surface area contributed by atoms with E-state index in [9.17, 15) is 18.8 Å². The molecule has 0 radical (unpaired) electrons. The van der Waals surface area contributed by atoms with Crippen LogP contribution in [0.3, 0.4) is 0 Å². The van der Waals surface area contributed by atoms with E-state index in [1.165, 1.54) is 30.5 Å². The van der Waals surface area contributed by atoms with Crippen LogP contribution in [0.4, 0.5) is 4.39 Å². The summed E-state index contributed by atoms with van der Waals surface area (Å²) in [5, 5.41) is 2.60. The third-order valence-corrected chi connectivity index (χ3v) is 4.41. The molecule has 1 saturated heterocycles. The smallest absolute Gasteiger partial charge is 0.287 e. The summed E-state index contributed by atoms with van der Waals surface area (Å²) in [7, 11) is 0. The van der Waals surface area contributed by atoms with Gasteiger partial charge in [-0.25, -0.2) is 4.39 Å². The number of rotatable bonds is 4. The molecule has 2 heterocycles. The van der Waals surface area contributed by atoms with Crippen molar-refractivity contribution in [2.75, 3.05) is 26.2 Å². The normalized spacial score (nSPS) is 15.3. The predicted octanol–water partition coefficient (Wildman–Crippen LogP) is 1.52. The second-order valence-electron chi connectivity index (χ2n) is 6.30. The highest BCUT2D eigenvalue weighted by Gasteiger charge is 2.28. The molecule has 1 aliphatic rings. The summed E-state index contributed by atoms with van der Waals surface area (Å²) in [6.45, 7) is 3.00. The van der Waals surface area contributed by atoms with Crippen molar-refractivity contribution in [1.82, 2.24) is 15.1 Å². The van der Waals surface area contributed by atoms with Gasteiger partial charge in [0.25, 0.3) is 11.8 Å². The Kier molecular flexibility index (Phi) is 5.54. The first-order valence-corrected chi connectivity index (χ1v) is 8.63. The fourth-order valence-corrected chi connectivity index (χ4v) is 2.95. The Morgan fingerprint density at radius 3 is 2.41 bits per heavy atom. The highest BCUT2D eigenvalue weighted by atomic mass is 19.1. The van der Waals surface area contributed by atoms with Crippen molar-refractivity contribution in [2.45, 2.75) is 13.0 Å². The minimum atomic E-state index is -0.715. The molecule has 1 N–H and O–H groups in total. The predicted molar refractivity (Wildman–Crippen MR) is 94.5 cm³/mol. The Bertz CT molecular complexity index is 829. The van der Waals surface area contributed by atoms with Crippen molar-refractivity contribution in [2.24, 2.45) is 0 Å². The molecule has 0 bridgehead atoms. The van der Waals surface area contributed by atoms with E-state index >= 15 is 0 Å². The number of halogens is 1. The molecule has 8 heteroatoms. The number of amides is 3. The van der Waals surface area contributed by atoms with E-state index in [4.69, 9.17) is 4.42 Å². The van der Waals surface area contributed by atoms with Gasteiger partial charge in [-0.2, -0.15) is 0 Å². The van der Waals surface area contributed by atoms with Gasteiger partial charge in [0.05, 0.1) is 6.26 Å². The lowest BCUT2D eigenvalue weighted by molar-refractivity contribution is -0.134. The van der Waals surface area contributed by atoms with E-state index in [0.29, 0.717) is 26.2 Å². The van der Waals surface area contributed by atoms with Crippen molar-refractivity contribution < 1.29 is 23.2 Å². The topological polar surface area (TPSA) is 82.9 Å². The van der Waals surface area contributed by atoms with Gasteiger partial charge in [0.1, 0.15) is 11.9 Å². The van der Waals surface area contributed by atoms with Crippen molar-refractivity contribution in [3.8, 4) is 0 Å². The lowest BCUT2D eigenvalue weighted by Gasteiger charge is -2.36. The maximum Gasteiger partial charge on any atom is 0.287 e. The quantitative estimate of drug-likeness (QED) is 0.881. The van der Waals surface area contributed by atoms with Gasteiger partial charge in [-0.1, -0.05) is 6.07 Å². The zero-order valence-electron chi connectivity index (χ0n) is 14.9. The van der Waals surface area contributed by atoms with Crippen LogP contribution in [-0.4, -0.2) is 59.7 Å². The summed E-state index contributed by atoms with van der Waals surface area (Å²) in [6.07, 6.45) is 1.39. The Hall–Kier alpha value is -3.16. The molecular weight excluding hydrogens is 353 g/mol. The molecule has 1 atom stereocenters. The number of carbonyl (C=O) groups is 3. The zero-order chi connectivity index (χ0) is 19.4. The average molecular weight is 373 g/mol. The minimum absolute atomic E-state index is 0.139. The monoisotopic (exact) mass is 373 g/mol. The summed E-state index contributed by atoms with van der Waals surface area (Å²) in [6, 6.07) is 7.94. The second-order valence-corrected chi connectivity index (χ2v) is 6.30. The number of hydrogen-bond donors (Lipinski definition) is 1. The molecule has 2 aromatic rings. The fraction of sp³-hybridized carbons (Fsp3) is 0.316. The van der Waals surface area contributed by atoms with Gasteiger partial charge in [-0.3, -0.25) is 14.4 Å². The summed E-state index contributed by atoms with van der Waals surface area (Å²) in [5.41, 5.74) is 0.286. The molecule has 1 unspecified atom stereocenters. The van der Waals surface area contributed by atoms with Gasteiger partial charge in [0.2, 0.25) is 5.91 Å². The molecule has 142 valence electrons. The van der Waals surface area contributed by atoms with Crippen LogP contribution in [0.15, 0.2) is 47.1 Å². The molecule has 1 aromatic carbocycles. The Morgan fingerprint density at radius 2 is 1.78 bits per heavy atom. The van der Waals surface area contributed by atoms with Gasteiger partial charge < -0.3 is 19.5 Å². The van der Waals surface area contributed by atoms with Crippen molar-refractivity contribution in [1.29, 1.82) is 0 Å². The summed E-state index contributed by atoms with van der Waals surface area (Å²) < 4.78 is 18.3. The molecule has 7 nitrogen and oxygen atoms in total. The number of nitrogens with one attached hydrogen (secondary N) is 1. The van der Waals surface area contributed by atoms with E-state index in [2.05, 4.69) is 5.32 Å². The molecule has 0 spiro atoms. The Labute approximate surface area is 155 Å². The molecule has 1 fully saturated rings. The number of nitrogens with zero attached hydrogens (tertiary/aromatic N) is 2. The zero-order valence-corrected chi connectivity index (χ0v) is 14.9. The maximum atomic E-state index is 13.3. The minimum Gasteiger partial charge on any atom is -0.459 e. The van der Waals surface area contributed by atoms with Gasteiger partial charge >= 0.3 is 0 Å².